The predicted octanol–water partition coefficient (Wildman–Crippen LogP) is 4.32. The molecular weight excluding hydrogens is 380 g/mol. The summed E-state index contributed by atoms with van der Waals surface area (Å²) in [7, 11) is 1.74. The molecule has 1 aromatic carbocycles. The van der Waals surface area contributed by atoms with E-state index in [9.17, 15) is 4.79 Å². The number of fused-ring (bicyclic) bond motifs is 3. The smallest absolute Gasteiger partial charge is 0.404 e. The van der Waals surface area contributed by atoms with Crippen LogP contribution in [0.25, 0.3) is 0 Å². The molecule has 30 heavy (non-hydrogen) atoms. The topological polar surface area (TPSA) is 82.8 Å². The van der Waals surface area contributed by atoms with Crippen molar-refractivity contribution in [3.8, 4) is 11.5 Å². The third kappa shape index (κ3) is 5.39. The number of rotatable bonds is 3. The molecule has 0 radical (unpaired) electrons. The standard InChI is InChI=1S/C13H17NO2.C11H21NO2/c1-15-11-3-2-4-12-13(11)10-5-6-14-7-9(10)8-16-12;1-7(2)9-5-4-8(3)6-10(9)14-11(12)13/h2-4,9-10,14H,5-8H2,1H3;7-10H,4-6H2,1-3H3,(H2,12,13)/t9?,10-;8-,9+,10?/m11/s1. The van der Waals surface area contributed by atoms with Gasteiger partial charge in [-0.3, -0.25) is 0 Å². The van der Waals surface area contributed by atoms with E-state index in [1.807, 2.05) is 12.1 Å². The maximum atomic E-state index is 10.7. The van der Waals surface area contributed by atoms with Gasteiger partial charge < -0.3 is 25.3 Å². The van der Waals surface area contributed by atoms with E-state index in [1.165, 1.54) is 18.4 Å². The lowest BCUT2D eigenvalue weighted by molar-refractivity contribution is 0.0104. The Morgan fingerprint density at radius 3 is 2.77 bits per heavy atom. The Morgan fingerprint density at radius 1 is 1.27 bits per heavy atom. The summed E-state index contributed by atoms with van der Waals surface area (Å²) in [5.41, 5.74) is 6.35. The first-order valence-corrected chi connectivity index (χ1v) is 11.4. The SMILES string of the molecule is CC(C)[C@@H]1CC[C@@H](C)CC1OC(N)=O.COc1cccc2c1[C@@H]1CCNCC1CO2. The van der Waals surface area contributed by atoms with Crippen LogP contribution >= 0.6 is 0 Å². The fourth-order valence-corrected chi connectivity index (χ4v) is 5.27. The Balaban J connectivity index is 0.000000173. The first-order chi connectivity index (χ1) is 14.4. The summed E-state index contributed by atoms with van der Waals surface area (Å²) in [4.78, 5) is 10.7. The van der Waals surface area contributed by atoms with Crippen molar-refractivity contribution in [2.45, 2.75) is 58.5 Å². The van der Waals surface area contributed by atoms with Gasteiger partial charge in [0.15, 0.2) is 0 Å². The summed E-state index contributed by atoms with van der Waals surface area (Å²) in [5.74, 6) is 4.88. The van der Waals surface area contributed by atoms with Gasteiger partial charge in [0, 0.05) is 18.0 Å². The van der Waals surface area contributed by atoms with Crippen LogP contribution in [0.3, 0.4) is 0 Å². The molecule has 4 rings (SSSR count). The number of benzene rings is 1. The Bertz CT molecular complexity index is 694. The van der Waals surface area contributed by atoms with Gasteiger partial charge >= 0.3 is 6.09 Å². The monoisotopic (exact) mass is 418 g/mol. The van der Waals surface area contributed by atoms with Crippen molar-refractivity contribution in [2.75, 3.05) is 26.8 Å². The molecule has 1 aromatic rings. The molecule has 1 aliphatic carbocycles. The number of methoxy groups -OCH3 is 1. The molecule has 3 aliphatic rings. The Hall–Kier alpha value is -1.95. The van der Waals surface area contributed by atoms with E-state index in [2.05, 4.69) is 32.2 Å². The lowest BCUT2D eigenvalue weighted by Gasteiger charge is -2.37. The molecule has 0 aromatic heterocycles. The molecule has 3 N–H and O–H groups in total. The Morgan fingerprint density at radius 2 is 2.07 bits per heavy atom. The van der Waals surface area contributed by atoms with Crippen molar-refractivity contribution in [1.29, 1.82) is 0 Å². The minimum Gasteiger partial charge on any atom is -0.496 e. The number of primary amides is 1. The van der Waals surface area contributed by atoms with Crippen LogP contribution < -0.4 is 20.5 Å². The van der Waals surface area contributed by atoms with Gasteiger partial charge in [-0.15, -0.1) is 0 Å². The van der Waals surface area contributed by atoms with Crippen LogP contribution in [0.15, 0.2) is 18.2 Å². The minimum absolute atomic E-state index is 0.0382. The summed E-state index contributed by atoms with van der Waals surface area (Å²) < 4.78 is 16.5. The van der Waals surface area contributed by atoms with E-state index in [0.717, 1.165) is 44.0 Å². The molecule has 0 bridgehead atoms. The second-order valence-corrected chi connectivity index (χ2v) is 9.34. The number of carbonyl (C=O) groups excluding carboxylic acids is 1. The van der Waals surface area contributed by atoms with Crippen molar-refractivity contribution in [3.63, 3.8) is 0 Å². The number of nitrogens with two attached hydrogens (primary N) is 1. The molecule has 168 valence electrons. The van der Waals surface area contributed by atoms with E-state index in [4.69, 9.17) is 19.9 Å². The molecule has 6 nitrogen and oxygen atoms in total. The van der Waals surface area contributed by atoms with Crippen molar-refractivity contribution < 1.29 is 19.0 Å². The minimum atomic E-state index is -0.630. The molecule has 2 fully saturated rings. The van der Waals surface area contributed by atoms with Gasteiger partial charge in [0.1, 0.15) is 17.6 Å². The molecule has 1 saturated carbocycles. The molecule has 2 unspecified atom stereocenters. The summed E-state index contributed by atoms with van der Waals surface area (Å²) in [6, 6.07) is 6.09. The fourth-order valence-electron chi connectivity index (χ4n) is 5.27. The predicted molar refractivity (Wildman–Crippen MR) is 118 cm³/mol. The highest BCUT2D eigenvalue weighted by Gasteiger charge is 2.35. The lowest BCUT2D eigenvalue weighted by Crippen LogP contribution is -2.40. The largest absolute Gasteiger partial charge is 0.496 e. The maximum absolute atomic E-state index is 10.7. The van der Waals surface area contributed by atoms with Crippen LogP contribution in [0.5, 0.6) is 11.5 Å². The van der Waals surface area contributed by atoms with Crippen LogP contribution in [-0.4, -0.2) is 39.0 Å². The number of amides is 1. The van der Waals surface area contributed by atoms with E-state index in [0.29, 0.717) is 29.6 Å². The van der Waals surface area contributed by atoms with Gasteiger partial charge in [-0.25, -0.2) is 4.79 Å². The molecule has 5 atom stereocenters. The van der Waals surface area contributed by atoms with Gasteiger partial charge in [-0.05, 0) is 61.6 Å². The highest BCUT2D eigenvalue weighted by atomic mass is 16.6. The number of piperidine rings is 1. The molecule has 2 aliphatic heterocycles. The number of hydrogen-bond acceptors (Lipinski definition) is 5. The summed E-state index contributed by atoms with van der Waals surface area (Å²) in [5, 5.41) is 3.43. The van der Waals surface area contributed by atoms with Gasteiger partial charge in [0.25, 0.3) is 0 Å². The molecule has 6 heteroatoms. The third-order valence-corrected chi connectivity index (χ3v) is 6.91. The van der Waals surface area contributed by atoms with Crippen molar-refractivity contribution >= 4 is 6.09 Å². The first kappa shape index (κ1) is 22.7. The number of hydrogen-bond donors (Lipinski definition) is 2. The average molecular weight is 419 g/mol. The van der Waals surface area contributed by atoms with E-state index < -0.39 is 6.09 Å². The van der Waals surface area contributed by atoms with Gasteiger partial charge in [0.05, 0.1) is 13.7 Å². The van der Waals surface area contributed by atoms with Crippen LogP contribution in [0.1, 0.15) is 57.9 Å². The summed E-state index contributed by atoms with van der Waals surface area (Å²) in [6.45, 7) is 9.54. The van der Waals surface area contributed by atoms with Crippen molar-refractivity contribution in [3.05, 3.63) is 23.8 Å². The molecular formula is C24H38N2O4. The quantitative estimate of drug-likeness (QED) is 0.764. The zero-order valence-corrected chi connectivity index (χ0v) is 18.9. The van der Waals surface area contributed by atoms with Gasteiger partial charge in [-0.1, -0.05) is 33.3 Å². The van der Waals surface area contributed by atoms with E-state index >= 15 is 0 Å². The zero-order chi connectivity index (χ0) is 21.7. The van der Waals surface area contributed by atoms with Gasteiger partial charge in [-0.2, -0.15) is 0 Å². The first-order valence-electron chi connectivity index (χ1n) is 11.4. The molecule has 1 saturated heterocycles. The zero-order valence-electron chi connectivity index (χ0n) is 18.9. The van der Waals surface area contributed by atoms with Crippen LogP contribution in [0.2, 0.25) is 0 Å². The van der Waals surface area contributed by atoms with Gasteiger partial charge in [0.2, 0.25) is 0 Å². The van der Waals surface area contributed by atoms with Crippen LogP contribution in [-0.2, 0) is 4.74 Å². The second kappa shape index (κ2) is 10.4. The third-order valence-electron chi connectivity index (χ3n) is 6.91. The molecule has 0 spiro atoms. The Kier molecular flexibility index (Phi) is 7.87. The lowest BCUT2D eigenvalue weighted by atomic mass is 9.75. The van der Waals surface area contributed by atoms with Crippen LogP contribution in [0.4, 0.5) is 4.79 Å². The fraction of sp³-hybridized carbons (Fsp3) is 0.708. The highest BCUT2D eigenvalue weighted by molar-refractivity contribution is 5.64. The van der Waals surface area contributed by atoms with Crippen molar-refractivity contribution in [1.82, 2.24) is 5.32 Å². The average Bonchev–Trinajstić information content (AvgIpc) is 2.73. The molecule has 2 heterocycles. The number of carbonyl (C=O) groups is 1. The number of nitrogens with one attached hydrogen (secondary N) is 1. The highest BCUT2D eigenvalue weighted by Crippen LogP contribution is 2.45. The summed E-state index contributed by atoms with van der Waals surface area (Å²) in [6.07, 6.45) is 3.94. The van der Waals surface area contributed by atoms with E-state index in [-0.39, 0.29) is 6.10 Å². The van der Waals surface area contributed by atoms with E-state index in [1.54, 1.807) is 7.11 Å². The Labute approximate surface area is 180 Å². The molecule has 1 amide bonds. The summed E-state index contributed by atoms with van der Waals surface area (Å²) >= 11 is 0. The van der Waals surface area contributed by atoms with Crippen LogP contribution in [0, 0.1) is 23.7 Å². The maximum Gasteiger partial charge on any atom is 0.404 e. The normalized spacial score (nSPS) is 30.1. The van der Waals surface area contributed by atoms with Crippen molar-refractivity contribution in [2.24, 2.45) is 29.4 Å². The number of ether oxygens (including phenoxy) is 3. The second-order valence-electron chi connectivity index (χ2n) is 9.34.